The molecule has 6 heteroatoms. The molecule has 0 aliphatic carbocycles. The monoisotopic (exact) mass is 941 g/mol. The van der Waals surface area contributed by atoms with Crippen LogP contribution in [0.2, 0.25) is 0 Å². The standard InChI is InChI=1S/C61H112O6/c1-4-7-10-13-16-19-22-24-26-28-29-30-31-32-33-34-36-37-39-42-45-48-51-54-60(63)66-57-58(56-65-59(62)53-50-47-44-41-21-18-15-12-9-6-3)67-61(64)55-52-49-46-43-40-38-35-27-25-23-20-17-14-11-8-5-2/h12,15,22,24,28-29,58H,4-11,13-14,16-21,23,25-27,30-57H2,1-3H3/b15-12-,24-22-,29-28-. The first-order valence-electron chi connectivity index (χ1n) is 29.5. The lowest BCUT2D eigenvalue weighted by atomic mass is 10.0. The second-order valence-electron chi connectivity index (χ2n) is 19.9. The van der Waals surface area contributed by atoms with E-state index < -0.39 is 6.10 Å². The van der Waals surface area contributed by atoms with Crippen LogP contribution >= 0.6 is 0 Å². The molecule has 0 aliphatic rings. The molecule has 0 aliphatic heterocycles. The minimum absolute atomic E-state index is 0.0723. The largest absolute Gasteiger partial charge is 0.462 e. The van der Waals surface area contributed by atoms with Gasteiger partial charge in [0.15, 0.2) is 6.10 Å². The summed E-state index contributed by atoms with van der Waals surface area (Å²) in [4.78, 5) is 38.1. The number of hydrogen-bond donors (Lipinski definition) is 0. The zero-order valence-electron chi connectivity index (χ0n) is 44.9. The summed E-state index contributed by atoms with van der Waals surface area (Å²) in [6, 6.07) is 0. The van der Waals surface area contributed by atoms with Gasteiger partial charge in [-0.1, -0.05) is 263 Å². The Balaban J connectivity index is 4.23. The molecule has 0 saturated heterocycles. The molecule has 6 nitrogen and oxygen atoms in total. The lowest BCUT2D eigenvalue weighted by molar-refractivity contribution is -0.167. The quantitative estimate of drug-likeness (QED) is 0.0262. The molecule has 0 saturated carbocycles. The predicted octanol–water partition coefficient (Wildman–Crippen LogP) is 19.7. The highest BCUT2D eigenvalue weighted by Crippen LogP contribution is 2.17. The van der Waals surface area contributed by atoms with Gasteiger partial charge in [-0.25, -0.2) is 0 Å². The van der Waals surface area contributed by atoms with E-state index in [0.29, 0.717) is 19.3 Å². The Morgan fingerprint density at radius 1 is 0.299 bits per heavy atom. The van der Waals surface area contributed by atoms with E-state index in [1.54, 1.807) is 0 Å². The van der Waals surface area contributed by atoms with E-state index in [0.717, 1.165) is 77.0 Å². The Bertz CT molecular complexity index is 1130. The van der Waals surface area contributed by atoms with Crippen molar-refractivity contribution in [1.29, 1.82) is 0 Å². The highest BCUT2D eigenvalue weighted by atomic mass is 16.6. The van der Waals surface area contributed by atoms with Gasteiger partial charge in [-0.05, 0) is 70.6 Å². The zero-order valence-corrected chi connectivity index (χ0v) is 44.9. The second kappa shape index (κ2) is 56.2. The molecule has 0 aromatic heterocycles. The average molecular weight is 942 g/mol. The highest BCUT2D eigenvalue weighted by Gasteiger charge is 2.19. The third-order valence-electron chi connectivity index (χ3n) is 13.1. The summed E-state index contributed by atoms with van der Waals surface area (Å²) in [5.74, 6) is -0.868. The fraction of sp³-hybridized carbons (Fsp3) is 0.852. The van der Waals surface area contributed by atoms with E-state index in [1.165, 1.54) is 199 Å². The van der Waals surface area contributed by atoms with Crippen molar-refractivity contribution in [2.75, 3.05) is 13.2 Å². The van der Waals surface area contributed by atoms with Crippen molar-refractivity contribution >= 4 is 17.9 Å². The Labute approximate surface area is 416 Å². The van der Waals surface area contributed by atoms with E-state index in [1.807, 2.05) is 0 Å². The fourth-order valence-electron chi connectivity index (χ4n) is 8.65. The van der Waals surface area contributed by atoms with Gasteiger partial charge in [-0.15, -0.1) is 0 Å². The van der Waals surface area contributed by atoms with Gasteiger partial charge in [0.05, 0.1) is 0 Å². The molecular formula is C61H112O6. The molecule has 0 fully saturated rings. The van der Waals surface area contributed by atoms with Gasteiger partial charge in [-0.3, -0.25) is 14.4 Å². The maximum absolute atomic E-state index is 12.8. The summed E-state index contributed by atoms with van der Waals surface area (Å²) >= 11 is 0. The topological polar surface area (TPSA) is 78.9 Å². The molecule has 1 unspecified atom stereocenters. The fourth-order valence-corrected chi connectivity index (χ4v) is 8.65. The van der Waals surface area contributed by atoms with Gasteiger partial charge in [0.1, 0.15) is 13.2 Å². The van der Waals surface area contributed by atoms with Crippen LogP contribution in [0.4, 0.5) is 0 Å². The Kier molecular flexibility index (Phi) is 54.2. The summed E-state index contributed by atoms with van der Waals surface area (Å²) < 4.78 is 16.8. The summed E-state index contributed by atoms with van der Waals surface area (Å²) in [6.45, 7) is 6.60. The van der Waals surface area contributed by atoms with Crippen LogP contribution < -0.4 is 0 Å². The average Bonchev–Trinajstić information content (AvgIpc) is 3.33. The second-order valence-corrected chi connectivity index (χ2v) is 19.9. The van der Waals surface area contributed by atoms with Crippen molar-refractivity contribution in [2.24, 2.45) is 0 Å². The smallest absolute Gasteiger partial charge is 0.306 e. The number of unbranched alkanes of at least 4 members (excludes halogenated alkanes) is 37. The van der Waals surface area contributed by atoms with Gasteiger partial charge >= 0.3 is 17.9 Å². The molecule has 67 heavy (non-hydrogen) atoms. The highest BCUT2D eigenvalue weighted by molar-refractivity contribution is 5.71. The van der Waals surface area contributed by atoms with Crippen LogP contribution in [0.25, 0.3) is 0 Å². The van der Waals surface area contributed by atoms with Crippen LogP contribution in [0.1, 0.15) is 316 Å². The van der Waals surface area contributed by atoms with Crippen LogP contribution in [0.5, 0.6) is 0 Å². The Hall–Kier alpha value is -2.37. The first-order chi connectivity index (χ1) is 33.0. The Morgan fingerprint density at radius 3 is 0.896 bits per heavy atom. The summed E-state index contributed by atoms with van der Waals surface area (Å²) in [7, 11) is 0. The lowest BCUT2D eigenvalue weighted by Gasteiger charge is -2.18. The maximum Gasteiger partial charge on any atom is 0.306 e. The molecule has 1 atom stereocenters. The number of carbonyl (C=O) groups is 3. The molecule has 0 aromatic rings. The normalized spacial score (nSPS) is 12.2. The first kappa shape index (κ1) is 64.6. The van der Waals surface area contributed by atoms with Gasteiger partial charge < -0.3 is 14.2 Å². The number of carbonyl (C=O) groups excluding carboxylic acids is 3. The van der Waals surface area contributed by atoms with E-state index in [2.05, 4.69) is 57.2 Å². The minimum atomic E-state index is -0.772. The zero-order chi connectivity index (χ0) is 48.6. The molecular weight excluding hydrogens is 829 g/mol. The molecule has 0 rings (SSSR count). The third kappa shape index (κ3) is 54.4. The SMILES string of the molecule is CCC/C=C\CCCCCCCC(=O)OCC(COC(=O)CCCCCCCCCCCCC/C=C\C/C=C\CCCCCCC)OC(=O)CCCCCCCCCCCCCCCCCC. The summed E-state index contributed by atoms with van der Waals surface area (Å²) in [5, 5.41) is 0. The minimum Gasteiger partial charge on any atom is -0.462 e. The van der Waals surface area contributed by atoms with Gasteiger partial charge in [0.2, 0.25) is 0 Å². The molecule has 0 bridgehead atoms. The van der Waals surface area contributed by atoms with Crippen molar-refractivity contribution < 1.29 is 28.6 Å². The van der Waals surface area contributed by atoms with Crippen LogP contribution in [-0.4, -0.2) is 37.2 Å². The van der Waals surface area contributed by atoms with Crippen molar-refractivity contribution in [1.82, 2.24) is 0 Å². The van der Waals surface area contributed by atoms with E-state index in [9.17, 15) is 14.4 Å². The van der Waals surface area contributed by atoms with E-state index >= 15 is 0 Å². The molecule has 0 heterocycles. The first-order valence-corrected chi connectivity index (χ1v) is 29.5. The van der Waals surface area contributed by atoms with Gasteiger partial charge in [-0.2, -0.15) is 0 Å². The third-order valence-corrected chi connectivity index (χ3v) is 13.1. The van der Waals surface area contributed by atoms with Crippen LogP contribution in [0, 0.1) is 0 Å². The van der Waals surface area contributed by atoms with Crippen molar-refractivity contribution in [3.05, 3.63) is 36.5 Å². The summed E-state index contributed by atoms with van der Waals surface area (Å²) in [6.07, 6.45) is 67.2. The molecule has 0 aromatic carbocycles. The Morgan fingerprint density at radius 2 is 0.567 bits per heavy atom. The number of rotatable bonds is 54. The number of allylic oxidation sites excluding steroid dienone is 6. The van der Waals surface area contributed by atoms with Gasteiger partial charge in [0, 0.05) is 19.3 Å². The van der Waals surface area contributed by atoms with Crippen molar-refractivity contribution in [2.45, 2.75) is 322 Å². The van der Waals surface area contributed by atoms with E-state index in [4.69, 9.17) is 14.2 Å². The number of hydrogen-bond acceptors (Lipinski definition) is 6. The molecule has 0 amide bonds. The van der Waals surface area contributed by atoms with Gasteiger partial charge in [0.25, 0.3) is 0 Å². The van der Waals surface area contributed by atoms with Crippen LogP contribution in [0.15, 0.2) is 36.5 Å². The maximum atomic E-state index is 12.8. The molecule has 392 valence electrons. The molecule has 0 N–H and O–H groups in total. The van der Waals surface area contributed by atoms with Crippen LogP contribution in [0.3, 0.4) is 0 Å². The van der Waals surface area contributed by atoms with Crippen molar-refractivity contribution in [3.63, 3.8) is 0 Å². The number of esters is 3. The lowest BCUT2D eigenvalue weighted by Crippen LogP contribution is -2.30. The van der Waals surface area contributed by atoms with Crippen molar-refractivity contribution in [3.8, 4) is 0 Å². The molecule has 0 spiro atoms. The number of ether oxygens (including phenoxy) is 3. The summed E-state index contributed by atoms with van der Waals surface area (Å²) in [5.41, 5.74) is 0. The predicted molar refractivity (Wildman–Crippen MR) is 289 cm³/mol. The van der Waals surface area contributed by atoms with Crippen LogP contribution in [-0.2, 0) is 28.6 Å². The molecule has 0 radical (unpaired) electrons. The van der Waals surface area contributed by atoms with E-state index in [-0.39, 0.29) is 31.1 Å².